The minimum Gasteiger partial charge on any atom is -0.508 e. The van der Waals surface area contributed by atoms with Crippen LogP contribution in [0.4, 0.5) is 0 Å². The van der Waals surface area contributed by atoms with Gasteiger partial charge in [-0.25, -0.2) is 9.67 Å². The number of ketones is 1. The summed E-state index contributed by atoms with van der Waals surface area (Å²) < 4.78 is 1.79. The normalized spacial score (nSPS) is 11.1. The van der Waals surface area contributed by atoms with Gasteiger partial charge in [0, 0.05) is 24.4 Å². The molecule has 2 aromatic heterocycles. The zero-order valence-electron chi connectivity index (χ0n) is 16.2. The number of rotatable bonds is 6. The van der Waals surface area contributed by atoms with Crippen molar-refractivity contribution in [2.24, 2.45) is 0 Å². The van der Waals surface area contributed by atoms with Gasteiger partial charge >= 0.3 is 0 Å². The molecule has 0 aliphatic heterocycles. The molecule has 140 valence electrons. The summed E-state index contributed by atoms with van der Waals surface area (Å²) in [7, 11) is 0. The fraction of sp³-hybridized carbons (Fsp3) is 0.318. The fourth-order valence-electron chi connectivity index (χ4n) is 3.04. The van der Waals surface area contributed by atoms with Gasteiger partial charge in [-0.3, -0.25) is 4.79 Å². The van der Waals surface area contributed by atoms with Gasteiger partial charge in [-0.2, -0.15) is 5.10 Å². The molecule has 3 rings (SSSR count). The lowest BCUT2D eigenvalue weighted by Gasteiger charge is -2.06. The Kier molecular flexibility index (Phi) is 5.40. The van der Waals surface area contributed by atoms with E-state index in [1.165, 1.54) is 0 Å². The van der Waals surface area contributed by atoms with Crippen molar-refractivity contribution in [2.45, 2.75) is 46.5 Å². The molecule has 0 saturated heterocycles. The van der Waals surface area contributed by atoms with Gasteiger partial charge in [0.25, 0.3) is 0 Å². The molecule has 27 heavy (non-hydrogen) atoms. The number of aromatic hydroxyl groups is 1. The molecule has 0 spiro atoms. The Bertz CT molecular complexity index is 956. The Hall–Kier alpha value is -2.95. The van der Waals surface area contributed by atoms with Crippen molar-refractivity contribution < 1.29 is 9.90 Å². The maximum absolute atomic E-state index is 12.6. The van der Waals surface area contributed by atoms with Crippen molar-refractivity contribution in [2.75, 3.05) is 0 Å². The third kappa shape index (κ3) is 4.25. The monoisotopic (exact) mass is 363 g/mol. The van der Waals surface area contributed by atoms with Crippen molar-refractivity contribution >= 4 is 5.78 Å². The first-order chi connectivity index (χ1) is 12.8. The third-order valence-electron chi connectivity index (χ3n) is 4.64. The molecule has 0 bridgehead atoms. The van der Waals surface area contributed by atoms with Gasteiger partial charge in [-0.1, -0.05) is 19.9 Å². The highest BCUT2D eigenvalue weighted by molar-refractivity contribution is 5.96. The lowest BCUT2D eigenvalue weighted by atomic mass is 9.98. The highest BCUT2D eigenvalue weighted by Crippen LogP contribution is 2.23. The number of pyridine rings is 1. The Balaban J connectivity index is 1.80. The number of phenols is 1. The van der Waals surface area contributed by atoms with Crippen LogP contribution in [0.25, 0.3) is 5.82 Å². The summed E-state index contributed by atoms with van der Waals surface area (Å²) in [5.74, 6) is 1.31. The summed E-state index contributed by atoms with van der Waals surface area (Å²) in [6, 6.07) is 8.94. The highest BCUT2D eigenvalue weighted by Gasteiger charge is 2.16. The second-order valence-electron chi connectivity index (χ2n) is 7.26. The second kappa shape index (κ2) is 7.74. The van der Waals surface area contributed by atoms with Crippen molar-refractivity contribution in [3.8, 4) is 11.6 Å². The van der Waals surface area contributed by atoms with Crippen LogP contribution in [0.15, 0.2) is 42.7 Å². The predicted octanol–water partition coefficient (Wildman–Crippen LogP) is 4.53. The molecular formula is C22H25N3O2. The summed E-state index contributed by atoms with van der Waals surface area (Å²) in [5, 5.41) is 14.3. The zero-order chi connectivity index (χ0) is 19.6. The van der Waals surface area contributed by atoms with Gasteiger partial charge in [0.15, 0.2) is 11.6 Å². The lowest BCUT2D eigenvalue weighted by Crippen LogP contribution is -2.03. The highest BCUT2D eigenvalue weighted by atomic mass is 16.3. The number of phenolic OH excluding ortho intramolecular Hbond substituents is 1. The number of aromatic nitrogens is 3. The van der Waals surface area contributed by atoms with Gasteiger partial charge in [0.1, 0.15) is 5.75 Å². The summed E-state index contributed by atoms with van der Waals surface area (Å²) in [4.78, 5) is 17.0. The Morgan fingerprint density at radius 3 is 2.59 bits per heavy atom. The van der Waals surface area contributed by atoms with Gasteiger partial charge in [0.2, 0.25) is 0 Å². The third-order valence-corrected chi connectivity index (χ3v) is 4.64. The van der Waals surface area contributed by atoms with Crippen LogP contribution in [0.1, 0.15) is 58.9 Å². The van der Waals surface area contributed by atoms with E-state index < -0.39 is 0 Å². The first-order valence-corrected chi connectivity index (χ1v) is 9.19. The molecular weight excluding hydrogens is 338 g/mol. The Labute approximate surface area is 159 Å². The smallest absolute Gasteiger partial charge is 0.163 e. The molecule has 5 nitrogen and oxygen atoms in total. The van der Waals surface area contributed by atoms with E-state index in [2.05, 4.69) is 18.8 Å². The summed E-state index contributed by atoms with van der Waals surface area (Å²) >= 11 is 0. The van der Waals surface area contributed by atoms with Crippen LogP contribution >= 0.6 is 0 Å². The van der Waals surface area contributed by atoms with Crippen LogP contribution in [0.3, 0.4) is 0 Å². The van der Waals surface area contributed by atoms with Crippen LogP contribution < -0.4 is 0 Å². The Morgan fingerprint density at radius 1 is 1.19 bits per heavy atom. The number of aryl methyl sites for hydroxylation is 3. The van der Waals surface area contributed by atoms with E-state index in [4.69, 9.17) is 5.10 Å². The van der Waals surface area contributed by atoms with Crippen LogP contribution in [-0.4, -0.2) is 25.7 Å². The van der Waals surface area contributed by atoms with E-state index in [9.17, 15) is 9.90 Å². The number of benzene rings is 1. The van der Waals surface area contributed by atoms with Crippen molar-refractivity contribution in [1.29, 1.82) is 0 Å². The quantitative estimate of drug-likeness (QED) is 0.654. The van der Waals surface area contributed by atoms with E-state index in [1.807, 2.05) is 31.5 Å². The van der Waals surface area contributed by atoms with Gasteiger partial charge < -0.3 is 5.11 Å². The van der Waals surface area contributed by atoms with Gasteiger partial charge in [-0.15, -0.1) is 0 Å². The molecule has 0 radical (unpaired) electrons. The van der Waals surface area contributed by atoms with Gasteiger partial charge in [-0.05, 0) is 67.1 Å². The van der Waals surface area contributed by atoms with Gasteiger partial charge in [0.05, 0.1) is 5.69 Å². The molecule has 1 N–H and O–H groups in total. The van der Waals surface area contributed by atoms with Crippen molar-refractivity contribution in [1.82, 2.24) is 14.8 Å². The minimum atomic E-state index is 0.0639. The van der Waals surface area contributed by atoms with E-state index in [-0.39, 0.29) is 17.5 Å². The molecule has 0 unspecified atom stereocenters. The first kappa shape index (κ1) is 18.8. The molecule has 1 aromatic carbocycles. The Morgan fingerprint density at radius 2 is 1.96 bits per heavy atom. The van der Waals surface area contributed by atoms with E-state index in [1.54, 1.807) is 29.8 Å². The molecule has 5 heteroatoms. The maximum Gasteiger partial charge on any atom is 0.163 e. The molecule has 0 amide bonds. The average Bonchev–Trinajstić information content (AvgIpc) is 3.07. The number of carbonyl (C=O) groups excluding carboxylic acids is 1. The largest absolute Gasteiger partial charge is 0.508 e. The standard InChI is InChI=1S/C22H25N3O2/c1-14(2)22-18(13-25(24-22)21-10-5-15(3)12-23-21)7-9-20(27)17-6-8-19(26)16(4)11-17/h5-6,8,10-14,26H,7,9H2,1-4H3. The van der Waals surface area contributed by atoms with Crippen LogP contribution in [0.2, 0.25) is 0 Å². The molecule has 0 aliphatic rings. The zero-order valence-corrected chi connectivity index (χ0v) is 16.2. The number of Topliss-reactive ketones (excluding diaryl/α,β-unsaturated/α-hetero) is 1. The molecule has 0 fully saturated rings. The summed E-state index contributed by atoms with van der Waals surface area (Å²) in [6.07, 6.45) is 4.82. The molecule has 0 aliphatic carbocycles. The molecule has 3 aromatic rings. The lowest BCUT2D eigenvalue weighted by molar-refractivity contribution is 0.0982. The summed E-state index contributed by atoms with van der Waals surface area (Å²) in [6.45, 7) is 8.00. The van der Waals surface area contributed by atoms with Crippen LogP contribution in [-0.2, 0) is 6.42 Å². The van der Waals surface area contributed by atoms with Crippen LogP contribution in [0.5, 0.6) is 5.75 Å². The predicted molar refractivity (Wildman–Crippen MR) is 106 cm³/mol. The van der Waals surface area contributed by atoms with E-state index in [0.717, 1.165) is 22.6 Å². The maximum atomic E-state index is 12.6. The number of nitrogens with zero attached hydrogens (tertiary/aromatic N) is 3. The van der Waals surface area contributed by atoms with E-state index >= 15 is 0 Å². The average molecular weight is 363 g/mol. The molecule has 2 heterocycles. The summed E-state index contributed by atoms with van der Waals surface area (Å²) in [5.41, 5.74) is 4.50. The SMILES string of the molecule is Cc1ccc(-n2cc(CCC(=O)c3ccc(O)c(C)c3)c(C(C)C)n2)nc1. The molecule has 0 saturated carbocycles. The van der Waals surface area contributed by atoms with Crippen molar-refractivity contribution in [3.05, 3.63) is 70.7 Å². The fourth-order valence-corrected chi connectivity index (χ4v) is 3.04. The topological polar surface area (TPSA) is 68.0 Å². The second-order valence-corrected chi connectivity index (χ2v) is 7.26. The van der Waals surface area contributed by atoms with Crippen molar-refractivity contribution in [3.63, 3.8) is 0 Å². The van der Waals surface area contributed by atoms with E-state index in [0.29, 0.717) is 24.0 Å². The first-order valence-electron chi connectivity index (χ1n) is 9.19. The minimum absolute atomic E-state index is 0.0639. The number of carbonyl (C=O) groups is 1. The van der Waals surface area contributed by atoms with Crippen LogP contribution in [0, 0.1) is 13.8 Å². The molecule has 0 atom stereocenters. The number of hydrogen-bond donors (Lipinski definition) is 1. The number of hydrogen-bond acceptors (Lipinski definition) is 4.